The van der Waals surface area contributed by atoms with Gasteiger partial charge in [-0.2, -0.15) is 0 Å². The molecule has 0 saturated carbocycles. The lowest BCUT2D eigenvalue weighted by Gasteiger charge is -2.18. The van der Waals surface area contributed by atoms with E-state index >= 15 is 0 Å². The number of benzene rings is 2. The van der Waals surface area contributed by atoms with Crippen LogP contribution < -0.4 is 10.6 Å². The largest absolute Gasteiger partial charge is 0.0854 e. The lowest BCUT2D eigenvalue weighted by molar-refractivity contribution is 1.12. The van der Waals surface area contributed by atoms with Gasteiger partial charge in [0.25, 0.3) is 0 Å². The molecule has 0 unspecified atom stereocenters. The van der Waals surface area contributed by atoms with Crippen molar-refractivity contribution in [3.63, 3.8) is 0 Å². The Bertz CT molecular complexity index is 435. The molecule has 0 aromatic heterocycles. The minimum Gasteiger partial charge on any atom is -0.0781 e. The monoisotopic (exact) mass is 328 g/mol. The number of hydrogen-bond acceptors (Lipinski definition) is 0. The van der Waals surface area contributed by atoms with Crippen LogP contribution in [-0.2, 0) is 0 Å². The summed E-state index contributed by atoms with van der Waals surface area (Å²) in [6, 6.07) is 21.5. The zero-order valence-electron chi connectivity index (χ0n) is 10.5. The van der Waals surface area contributed by atoms with Crippen molar-refractivity contribution in [2.75, 3.05) is 12.3 Å². The maximum atomic E-state index is 5.89. The van der Waals surface area contributed by atoms with Crippen molar-refractivity contribution in [1.29, 1.82) is 0 Å². The van der Waals surface area contributed by atoms with Crippen LogP contribution in [0.25, 0.3) is 0 Å². The van der Waals surface area contributed by atoms with Crippen LogP contribution in [0.5, 0.6) is 0 Å². The Hall–Kier alpha value is -0.120. The Morgan fingerprint density at radius 3 is 1.58 bits per heavy atom. The van der Waals surface area contributed by atoms with Gasteiger partial charge in [0.1, 0.15) is 0 Å². The van der Waals surface area contributed by atoms with Crippen molar-refractivity contribution in [1.82, 2.24) is 0 Å². The SMILES string of the molecule is ClP(Cl)CCCP(c1ccccc1)c1ccccc1. The first kappa shape index (κ1) is 15.3. The molecular formula is C15H16Cl2P2. The van der Waals surface area contributed by atoms with E-state index in [9.17, 15) is 0 Å². The minimum absolute atomic E-state index is 0.288. The van der Waals surface area contributed by atoms with Gasteiger partial charge < -0.3 is 0 Å². The molecule has 2 rings (SSSR count). The molecule has 0 N–H and O–H groups in total. The predicted molar refractivity (Wildman–Crippen MR) is 92.0 cm³/mol. The van der Waals surface area contributed by atoms with Crippen LogP contribution in [-0.4, -0.2) is 12.3 Å². The highest BCUT2D eigenvalue weighted by molar-refractivity contribution is 8.03. The van der Waals surface area contributed by atoms with Gasteiger partial charge in [0.2, 0.25) is 0 Å². The smallest absolute Gasteiger partial charge is 0.0781 e. The number of halogens is 2. The third kappa shape index (κ3) is 5.05. The van der Waals surface area contributed by atoms with Crippen molar-refractivity contribution < 1.29 is 0 Å². The maximum absolute atomic E-state index is 5.89. The zero-order chi connectivity index (χ0) is 13.5. The molecule has 0 atom stereocenters. The van der Waals surface area contributed by atoms with E-state index in [0.29, 0.717) is 0 Å². The van der Waals surface area contributed by atoms with Crippen LogP contribution >= 0.6 is 37.0 Å². The predicted octanol–water partition coefficient (Wildman–Crippen LogP) is 5.30. The van der Waals surface area contributed by atoms with Crippen molar-refractivity contribution in [3.8, 4) is 0 Å². The van der Waals surface area contributed by atoms with E-state index in [1.807, 2.05) is 0 Å². The van der Waals surface area contributed by atoms with Crippen LogP contribution in [0.4, 0.5) is 0 Å². The zero-order valence-corrected chi connectivity index (χ0v) is 13.8. The molecule has 0 aliphatic heterocycles. The van der Waals surface area contributed by atoms with Crippen molar-refractivity contribution >= 4 is 47.6 Å². The van der Waals surface area contributed by atoms with Crippen LogP contribution in [0.15, 0.2) is 60.7 Å². The van der Waals surface area contributed by atoms with E-state index in [1.165, 1.54) is 10.6 Å². The first-order valence-electron chi connectivity index (χ1n) is 6.24. The normalized spacial score (nSPS) is 11.2. The molecule has 0 nitrogen and oxygen atoms in total. The van der Waals surface area contributed by atoms with Gasteiger partial charge in [-0.1, -0.05) is 83.1 Å². The Morgan fingerprint density at radius 2 is 1.16 bits per heavy atom. The first-order chi connectivity index (χ1) is 9.27. The number of hydrogen-bond donors (Lipinski definition) is 0. The van der Waals surface area contributed by atoms with Gasteiger partial charge in [-0.05, 0) is 37.3 Å². The molecule has 0 fully saturated rings. The molecule has 2 aromatic carbocycles. The average molecular weight is 329 g/mol. The first-order valence-corrected chi connectivity index (χ1v) is 11.1. The van der Waals surface area contributed by atoms with E-state index < -0.39 is 6.63 Å². The molecule has 0 bridgehead atoms. The quantitative estimate of drug-likeness (QED) is 0.631. The fourth-order valence-electron chi connectivity index (χ4n) is 1.97. The third-order valence-electron chi connectivity index (χ3n) is 2.84. The fraction of sp³-hybridized carbons (Fsp3) is 0.200. The fourth-order valence-corrected chi connectivity index (χ4v) is 5.69. The highest BCUT2D eigenvalue weighted by Crippen LogP contribution is 2.48. The topological polar surface area (TPSA) is 0 Å². The van der Waals surface area contributed by atoms with Crippen molar-refractivity contribution in [3.05, 3.63) is 60.7 Å². The molecule has 0 aliphatic rings. The van der Waals surface area contributed by atoms with Crippen molar-refractivity contribution in [2.45, 2.75) is 6.42 Å². The summed E-state index contributed by atoms with van der Waals surface area (Å²) in [7, 11) is -0.288. The summed E-state index contributed by atoms with van der Waals surface area (Å²) >= 11 is 11.8. The highest BCUT2D eigenvalue weighted by Gasteiger charge is 2.13. The molecule has 100 valence electrons. The summed E-state index contributed by atoms with van der Waals surface area (Å²) in [4.78, 5) is 0. The molecule has 0 heterocycles. The Labute approximate surface area is 127 Å². The van der Waals surface area contributed by atoms with Gasteiger partial charge in [-0.15, -0.1) is 0 Å². The van der Waals surface area contributed by atoms with Gasteiger partial charge in [0.05, 0.1) is 6.63 Å². The molecule has 0 amide bonds. The molecule has 0 saturated heterocycles. The van der Waals surface area contributed by atoms with Gasteiger partial charge in [0, 0.05) is 0 Å². The Balaban J connectivity index is 2.14. The Morgan fingerprint density at radius 1 is 0.684 bits per heavy atom. The molecule has 0 aliphatic carbocycles. The summed E-state index contributed by atoms with van der Waals surface area (Å²) in [5, 5.41) is 2.86. The van der Waals surface area contributed by atoms with Crippen molar-refractivity contribution in [2.24, 2.45) is 0 Å². The Kier molecular flexibility index (Phi) is 6.62. The van der Waals surface area contributed by atoms with Gasteiger partial charge >= 0.3 is 0 Å². The lowest BCUT2D eigenvalue weighted by atomic mass is 10.4. The second kappa shape index (κ2) is 8.23. The summed E-state index contributed by atoms with van der Waals surface area (Å²) in [5.74, 6) is 0. The van der Waals surface area contributed by atoms with Crippen LogP contribution in [0.1, 0.15) is 6.42 Å². The van der Waals surface area contributed by atoms with Gasteiger partial charge in [-0.3, -0.25) is 0 Å². The number of rotatable bonds is 6. The third-order valence-corrected chi connectivity index (χ3v) is 7.12. The molecule has 0 spiro atoms. The molecule has 4 heteroatoms. The average Bonchev–Trinajstić information content (AvgIpc) is 2.45. The molecule has 0 radical (unpaired) electrons. The molecule has 2 aromatic rings. The van der Waals surface area contributed by atoms with E-state index in [2.05, 4.69) is 60.7 Å². The van der Waals surface area contributed by atoms with Crippen LogP contribution in [0, 0.1) is 0 Å². The van der Waals surface area contributed by atoms with E-state index in [4.69, 9.17) is 22.5 Å². The van der Waals surface area contributed by atoms with Crippen LogP contribution in [0.3, 0.4) is 0 Å². The van der Waals surface area contributed by atoms with Gasteiger partial charge in [0.15, 0.2) is 0 Å². The second-order valence-corrected chi connectivity index (χ2v) is 10.6. The van der Waals surface area contributed by atoms with E-state index in [-0.39, 0.29) is 7.92 Å². The maximum Gasteiger partial charge on any atom is 0.0854 e. The summed E-state index contributed by atoms with van der Waals surface area (Å²) in [5.41, 5.74) is 0. The van der Waals surface area contributed by atoms with Gasteiger partial charge in [-0.25, -0.2) is 0 Å². The van der Waals surface area contributed by atoms with Crippen LogP contribution in [0.2, 0.25) is 0 Å². The molecule has 19 heavy (non-hydrogen) atoms. The summed E-state index contributed by atoms with van der Waals surface area (Å²) < 4.78 is 0. The second-order valence-electron chi connectivity index (χ2n) is 4.20. The lowest BCUT2D eigenvalue weighted by Crippen LogP contribution is -2.14. The minimum atomic E-state index is -0.814. The van der Waals surface area contributed by atoms with E-state index in [1.54, 1.807) is 0 Å². The summed E-state index contributed by atoms with van der Waals surface area (Å²) in [6.07, 6.45) is 3.17. The summed E-state index contributed by atoms with van der Waals surface area (Å²) in [6.45, 7) is -0.814. The highest BCUT2D eigenvalue weighted by atomic mass is 35.9. The van der Waals surface area contributed by atoms with E-state index in [0.717, 1.165) is 18.7 Å². The standard InChI is InChI=1S/C15H16Cl2P2/c16-19(17)13-7-12-18(14-8-3-1-4-9-14)15-10-5-2-6-11-15/h1-6,8-11H,7,12-13H2. The molecular weight excluding hydrogens is 313 g/mol.